The van der Waals surface area contributed by atoms with E-state index < -0.39 is 12.1 Å². The van der Waals surface area contributed by atoms with Crippen LogP contribution in [0.25, 0.3) is 0 Å². The molecule has 0 aromatic carbocycles. The average Bonchev–Trinajstić information content (AvgIpc) is 3.45. The molecule has 2 atom stereocenters. The Balaban J connectivity index is 3.35. The summed E-state index contributed by atoms with van der Waals surface area (Å²) in [5.74, 6) is -0.0177. The third kappa shape index (κ3) is 65.6. The summed E-state index contributed by atoms with van der Waals surface area (Å²) in [5.41, 5.74) is 0. The predicted octanol–water partition coefficient (Wildman–Crippen LogP) is 23.5. The molecule has 1 amide bonds. The highest BCUT2D eigenvalue weighted by atomic mass is 16.5. The van der Waals surface area contributed by atoms with E-state index in [1.165, 1.54) is 340 Å². The molecule has 79 heavy (non-hydrogen) atoms. The van der Waals surface area contributed by atoms with Crippen LogP contribution in [-0.2, 0) is 14.3 Å². The molecule has 0 radical (unpaired) electrons. The van der Waals surface area contributed by atoms with Crippen LogP contribution in [0.2, 0.25) is 0 Å². The third-order valence-electron chi connectivity index (χ3n) is 17.3. The molecule has 0 aliphatic heterocycles. The molecule has 2 unspecified atom stereocenters. The van der Waals surface area contributed by atoms with E-state index in [-0.39, 0.29) is 18.5 Å². The Morgan fingerprint density at radius 3 is 0.937 bits per heavy atom. The summed E-state index contributed by atoms with van der Waals surface area (Å²) in [4.78, 5) is 24.6. The maximum Gasteiger partial charge on any atom is 0.305 e. The van der Waals surface area contributed by atoms with Gasteiger partial charge in [-0.25, -0.2) is 0 Å². The molecule has 0 aromatic rings. The van der Waals surface area contributed by atoms with Crippen LogP contribution in [-0.4, -0.2) is 47.4 Å². The summed E-state index contributed by atoms with van der Waals surface area (Å²) in [6.45, 7) is 4.96. The summed E-state index contributed by atoms with van der Waals surface area (Å²) in [5, 5.41) is 23.5. The molecule has 3 N–H and O–H groups in total. The van der Waals surface area contributed by atoms with Crippen molar-refractivity contribution in [1.29, 1.82) is 0 Å². The molecule has 0 aliphatic rings. The minimum atomic E-state index is -0.663. The zero-order valence-corrected chi connectivity index (χ0v) is 53.9. The van der Waals surface area contributed by atoms with Gasteiger partial charge in [0.1, 0.15) is 0 Å². The molecule has 0 fully saturated rings. The van der Waals surface area contributed by atoms with Crippen LogP contribution in [0.1, 0.15) is 418 Å². The Kier molecular flexibility index (Phi) is 67.9. The molecule has 470 valence electrons. The van der Waals surface area contributed by atoms with Crippen molar-refractivity contribution in [3.8, 4) is 0 Å². The van der Waals surface area contributed by atoms with E-state index in [2.05, 4.69) is 31.3 Å². The molecule has 0 saturated heterocycles. The number of carbonyl (C=O) groups is 2. The largest absolute Gasteiger partial charge is 0.466 e. The first-order valence-electron chi connectivity index (χ1n) is 36.4. The number of hydrogen-bond acceptors (Lipinski definition) is 5. The fraction of sp³-hybridized carbons (Fsp3) is 0.945. The molecule has 0 spiro atoms. The van der Waals surface area contributed by atoms with Crippen LogP contribution >= 0.6 is 0 Å². The molecule has 0 bridgehead atoms. The Morgan fingerprint density at radius 1 is 0.342 bits per heavy atom. The number of hydrogen-bond donors (Lipinski definition) is 3. The summed E-state index contributed by atoms with van der Waals surface area (Å²) < 4.78 is 5.47. The standard InChI is InChI=1S/C73H143NO5/c1-3-5-7-9-11-13-15-16-17-18-19-20-27-30-33-36-39-42-46-49-53-57-61-65-71(76)70(69-75)74-72(77)66-62-58-54-50-47-43-40-37-34-31-28-25-23-21-22-24-26-29-32-35-38-41-44-48-52-56-60-64-68-79-73(78)67-63-59-55-51-45-14-12-10-8-6-4-2/h10,12,70-71,75-76H,3-9,11,13-69H2,1-2H3,(H,74,77)/b12-10-. The molecule has 6 heteroatoms. The highest BCUT2D eigenvalue weighted by Gasteiger charge is 2.20. The van der Waals surface area contributed by atoms with E-state index in [0.29, 0.717) is 25.9 Å². The number of esters is 1. The second kappa shape index (κ2) is 69.1. The van der Waals surface area contributed by atoms with Crippen molar-refractivity contribution >= 4 is 11.9 Å². The highest BCUT2D eigenvalue weighted by molar-refractivity contribution is 5.76. The number of aliphatic hydroxyl groups excluding tert-OH is 2. The van der Waals surface area contributed by atoms with Gasteiger partial charge in [-0.1, -0.05) is 373 Å². The molecular formula is C73H143NO5. The fourth-order valence-corrected chi connectivity index (χ4v) is 11.7. The molecule has 0 aliphatic carbocycles. The minimum Gasteiger partial charge on any atom is -0.466 e. The summed E-state index contributed by atoms with van der Waals surface area (Å²) in [7, 11) is 0. The number of carbonyl (C=O) groups excluding carboxylic acids is 2. The Hall–Kier alpha value is -1.40. The summed E-state index contributed by atoms with van der Waals surface area (Å²) >= 11 is 0. The zero-order valence-electron chi connectivity index (χ0n) is 53.9. The number of aliphatic hydroxyl groups is 2. The fourth-order valence-electron chi connectivity index (χ4n) is 11.7. The van der Waals surface area contributed by atoms with E-state index in [4.69, 9.17) is 4.74 Å². The molecule has 0 aromatic heterocycles. The second-order valence-electron chi connectivity index (χ2n) is 25.3. The average molecular weight is 1110 g/mol. The lowest BCUT2D eigenvalue weighted by molar-refractivity contribution is -0.143. The summed E-state index contributed by atoms with van der Waals surface area (Å²) in [6.07, 6.45) is 85.6. The van der Waals surface area contributed by atoms with Gasteiger partial charge in [0, 0.05) is 12.8 Å². The van der Waals surface area contributed by atoms with Gasteiger partial charge in [0.15, 0.2) is 0 Å². The van der Waals surface area contributed by atoms with Gasteiger partial charge >= 0.3 is 5.97 Å². The first-order valence-corrected chi connectivity index (χ1v) is 36.4. The quantitative estimate of drug-likeness (QED) is 0.0320. The van der Waals surface area contributed by atoms with Gasteiger partial charge in [-0.3, -0.25) is 9.59 Å². The summed E-state index contributed by atoms with van der Waals surface area (Å²) in [6, 6.07) is -0.540. The zero-order chi connectivity index (χ0) is 57.1. The second-order valence-corrected chi connectivity index (χ2v) is 25.3. The van der Waals surface area contributed by atoms with Gasteiger partial charge in [-0.2, -0.15) is 0 Å². The van der Waals surface area contributed by atoms with Crippen LogP contribution in [0.5, 0.6) is 0 Å². The first kappa shape index (κ1) is 77.6. The first-order chi connectivity index (χ1) is 39.0. The lowest BCUT2D eigenvalue weighted by Crippen LogP contribution is -2.45. The lowest BCUT2D eigenvalue weighted by atomic mass is 10.0. The highest BCUT2D eigenvalue weighted by Crippen LogP contribution is 2.20. The van der Waals surface area contributed by atoms with Gasteiger partial charge in [-0.15, -0.1) is 0 Å². The van der Waals surface area contributed by atoms with Gasteiger partial charge in [0.25, 0.3) is 0 Å². The van der Waals surface area contributed by atoms with Crippen molar-refractivity contribution in [2.24, 2.45) is 0 Å². The number of unbranched alkanes of at least 4 members (excludes halogenated alkanes) is 56. The maximum atomic E-state index is 12.6. The molecule has 0 heterocycles. The Labute approximate surface area is 495 Å². The van der Waals surface area contributed by atoms with Gasteiger partial charge in [0.2, 0.25) is 5.91 Å². The van der Waals surface area contributed by atoms with Crippen molar-refractivity contribution < 1.29 is 24.5 Å². The number of amides is 1. The van der Waals surface area contributed by atoms with Crippen LogP contribution in [0.15, 0.2) is 12.2 Å². The van der Waals surface area contributed by atoms with E-state index in [0.717, 1.165) is 44.9 Å². The SMILES string of the molecule is CCCC/C=C\CCCCCCCC(=O)OCCCCCCCCCCCCCCCCCCCCCCCCCCCCCCC(=O)NC(CO)C(O)CCCCCCCCCCCCCCCCCCCCCCCCC. The van der Waals surface area contributed by atoms with Crippen LogP contribution < -0.4 is 5.32 Å². The van der Waals surface area contributed by atoms with E-state index in [1.807, 2.05) is 0 Å². The lowest BCUT2D eigenvalue weighted by Gasteiger charge is -2.22. The number of nitrogens with one attached hydrogen (secondary N) is 1. The molecule has 0 rings (SSSR count). The van der Waals surface area contributed by atoms with Crippen molar-refractivity contribution in [3.05, 3.63) is 12.2 Å². The Bertz CT molecular complexity index is 1190. The van der Waals surface area contributed by atoms with Crippen LogP contribution in [0.4, 0.5) is 0 Å². The monoisotopic (exact) mass is 1110 g/mol. The van der Waals surface area contributed by atoms with E-state index in [1.54, 1.807) is 0 Å². The van der Waals surface area contributed by atoms with Gasteiger partial charge < -0.3 is 20.3 Å². The molecule has 0 saturated carbocycles. The normalized spacial score (nSPS) is 12.5. The van der Waals surface area contributed by atoms with E-state index >= 15 is 0 Å². The number of ether oxygens (including phenoxy) is 1. The molecular weight excluding hydrogens is 971 g/mol. The third-order valence-corrected chi connectivity index (χ3v) is 17.3. The topological polar surface area (TPSA) is 95.9 Å². The minimum absolute atomic E-state index is 0.00868. The molecule has 6 nitrogen and oxygen atoms in total. The van der Waals surface area contributed by atoms with Crippen molar-refractivity contribution in [1.82, 2.24) is 5.32 Å². The van der Waals surface area contributed by atoms with E-state index in [9.17, 15) is 19.8 Å². The van der Waals surface area contributed by atoms with Gasteiger partial charge in [0.05, 0.1) is 25.4 Å². The van der Waals surface area contributed by atoms with Crippen LogP contribution in [0, 0.1) is 0 Å². The van der Waals surface area contributed by atoms with Gasteiger partial charge in [-0.05, 0) is 44.9 Å². The van der Waals surface area contributed by atoms with Crippen molar-refractivity contribution in [3.63, 3.8) is 0 Å². The van der Waals surface area contributed by atoms with Crippen molar-refractivity contribution in [2.75, 3.05) is 13.2 Å². The van der Waals surface area contributed by atoms with Crippen molar-refractivity contribution in [2.45, 2.75) is 431 Å². The Morgan fingerprint density at radius 2 is 0.608 bits per heavy atom. The number of allylic oxidation sites excluding steroid dienone is 2. The smallest absolute Gasteiger partial charge is 0.305 e. The predicted molar refractivity (Wildman–Crippen MR) is 347 cm³/mol. The maximum absolute atomic E-state index is 12.6. The van der Waals surface area contributed by atoms with Crippen LogP contribution in [0.3, 0.4) is 0 Å². The number of rotatable bonds is 69.